The minimum Gasteiger partial charge on any atom is -0.493 e. The molecule has 0 radical (unpaired) electrons. The van der Waals surface area contributed by atoms with Crippen LogP contribution in [0.4, 0.5) is 13.2 Å². The number of hydrogen-bond donors (Lipinski definition) is 0. The Bertz CT molecular complexity index is 849. The second-order valence-electron chi connectivity index (χ2n) is 7.32. The highest BCUT2D eigenvalue weighted by atomic mass is 19.3. The second kappa shape index (κ2) is 8.76. The molecule has 4 nitrogen and oxygen atoms in total. The molecule has 0 unspecified atom stereocenters. The lowest BCUT2D eigenvalue weighted by Crippen LogP contribution is -2.43. The summed E-state index contributed by atoms with van der Waals surface area (Å²) in [6, 6.07) is 10.8. The van der Waals surface area contributed by atoms with Crippen LogP contribution >= 0.6 is 0 Å². The Morgan fingerprint density at radius 1 is 1.10 bits per heavy atom. The number of amides is 1. The molecule has 1 saturated carbocycles. The summed E-state index contributed by atoms with van der Waals surface area (Å²) in [5.74, 6) is -0.280. The largest absolute Gasteiger partial charge is 0.493 e. The SMILES string of the molecule is COc1ccc(CN(C)C(=O)C2(c3ccc(F)cc3)CCCC2)cc1OC(F)F. The highest BCUT2D eigenvalue weighted by molar-refractivity contribution is 5.88. The maximum Gasteiger partial charge on any atom is 0.387 e. The van der Waals surface area contributed by atoms with Crippen LogP contribution in [0.2, 0.25) is 0 Å². The molecule has 0 saturated heterocycles. The van der Waals surface area contributed by atoms with Crippen molar-refractivity contribution in [2.45, 2.75) is 44.3 Å². The molecule has 1 fully saturated rings. The van der Waals surface area contributed by atoms with Crippen LogP contribution in [0, 0.1) is 5.82 Å². The number of likely N-dealkylation sites (N-methyl/N-ethyl adjacent to an activating group) is 1. The minimum absolute atomic E-state index is 0.0613. The summed E-state index contributed by atoms with van der Waals surface area (Å²) in [5, 5.41) is 0. The van der Waals surface area contributed by atoms with Crippen molar-refractivity contribution in [3.63, 3.8) is 0 Å². The number of hydrogen-bond acceptors (Lipinski definition) is 3. The molecule has 1 aliphatic rings. The van der Waals surface area contributed by atoms with Crippen molar-refractivity contribution in [2.75, 3.05) is 14.2 Å². The molecule has 0 aliphatic heterocycles. The quantitative estimate of drug-likeness (QED) is 0.655. The number of carbonyl (C=O) groups is 1. The predicted molar refractivity (Wildman–Crippen MR) is 103 cm³/mol. The summed E-state index contributed by atoms with van der Waals surface area (Å²) < 4.78 is 48.3. The number of rotatable bonds is 7. The molecule has 29 heavy (non-hydrogen) atoms. The van der Waals surface area contributed by atoms with E-state index in [0.29, 0.717) is 18.4 Å². The van der Waals surface area contributed by atoms with Crippen LogP contribution in [0.3, 0.4) is 0 Å². The molecule has 2 aromatic rings. The monoisotopic (exact) mass is 407 g/mol. The third-order valence-electron chi connectivity index (χ3n) is 5.47. The number of methoxy groups -OCH3 is 1. The lowest BCUT2D eigenvalue weighted by atomic mass is 9.77. The fraction of sp³-hybridized carbons (Fsp3) is 0.409. The van der Waals surface area contributed by atoms with Crippen LogP contribution in [-0.2, 0) is 16.8 Å². The molecule has 1 aliphatic carbocycles. The van der Waals surface area contributed by atoms with E-state index >= 15 is 0 Å². The summed E-state index contributed by atoms with van der Waals surface area (Å²) in [6.45, 7) is -2.75. The van der Waals surface area contributed by atoms with Crippen molar-refractivity contribution >= 4 is 5.91 Å². The molecular weight excluding hydrogens is 383 g/mol. The first-order chi connectivity index (χ1) is 13.9. The van der Waals surface area contributed by atoms with Gasteiger partial charge < -0.3 is 14.4 Å². The maximum absolute atomic E-state index is 13.4. The Morgan fingerprint density at radius 3 is 2.34 bits per heavy atom. The Kier molecular flexibility index (Phi) is 6.35. The molecule has 0 bridgehead atoms. The van der Waals surface area contributed by atoms with E-state index in [1.807, 2.05) is 0 Å². The van der Waals surface area contributed by atoms with Crippen molar-refractivity contribution in [2.24, 2.45) is 0 Å². The van der Waals surface area contributed by atoms with Crippen LogP contribution in [0.25, 0.3) is 0 Å². The molecular formula is C22H24F3NO3. The summed E-state index contributed by atoms with van der Waals surface area (Å²) in [6.07, 6.45) is 3.24. The zero-order chi connectivity index (χ0) is 21.0. The minimum atomic E-state index is -2.97. The molecule has 0 heterocycles. The average molecular weight is 407 g/mol. The van der Waals surface area contributed by atoms with Gasteiger partial charge in [-0.1, -0.05) is 31.0 Å². The fourth-order valence-electron chi connectivity index (χ4n) is 4.09. The van der Waals surface area contributed by atoms with Crippen LogP contribution in [0.5, 0.6) is 11.5 Å². The number of halogens is 3. The average Bonchev–Trinajstić information content (AvgIpc) is 3.18. The molecule has 156 valence electrons. The summed E-state index contributed by atoms with van der Waals surface area (Å²) in [5.41, 5.74) is 0.770. The van der Waals surface area contributed by atoms with Crippen LogP contribution in [-0.4, -0.2) is 31.6 Å². The van der Waals surface area contributed by atoms with Crippen molar-refractivity contribution in [1.29, 1.82) is 0 Å². The van der Waals surface area contributed by atoms with Gasteiger partial charge in [0.25, 0.3) is 0 Å². The Labute approximate surface area is 168 Å². The van der Waals surface area contributed by atoms with Crippen LogP contribution in [0.1, 0.15) is 36.8 Å². The summed E-state index contributed by atoms with van der Waals surface area (Å²) >= 11 is 0. The highest BCUT2D eigenvalue weighted by Crippen LogP contribution is 2.43. The highest BCUT2D eigenvalue weighted by Gasteiger charge is 2.44. The van der Waals surface area contributed by atoms with E-state index in [0.717, 1.165) is 18.4 Å². The van der Waals surface area contributed by atoms with Gasteiger partial charge in [0.05, 0.1) is 12.5 Å². The third kappa shape index (κ3) is 4.49. The van der Waals surface area contributed by atoms with E-state index in [2.05, 4.69) is 4.74 Å². The van der Waals surface area contributed by atoms with Gasteiger partial charge in [0.2, 0.25) is 5.91 Å². The molecule has 1 amide bonds. The Morgan fingerprint density at radius 2 is 1.76 bits per heavy atom. The molecule has 7 heteroatoms. The van der Waals surface area contributed by atoms with Crippen LogP contribution < -0.4 is 9.47 Å². The molecule has 0 aromatic heterocycles. The summed E-state index contributed by atoms with van der Waals surface area (Å²) in [7, 11) is 3.05. The van der Waals surface area contributed by atoms with Crippen LogP contribution in [0.15, 0.2) is 42.5 Å². The fourth-order valence-corrected chi connectivity index (χ4v) is 4.09. The van der Waals surface area contributed by atoms with Gasteiger partial charge in [0, 0.05) is 13.6 Å². The lowest BCUT2D eigenvalue weighted by Gasteiger charge is -2.33. The smallest absolute Gasteiger partial charge is 0.387 e. The first kappa shape index (κ1) is 21.0. The lowest BCUT2D eigenvalue weighted by molar-refractivity contribution is -0.136. The van der Waals surface area contributed by atoms with Crippen molar-refractivity contribution in [3.05, 3.63) is 59.4 Å². The van der Waals surface area contributed by atoms with Gasteiger partial charge in [0.1, 0.15) is 5.82 Å². The van der Waals surface area contributed by atoms with E-state index in [1.54, 1.807) is 30.1 Å². The van der Waals surface area contributed by atoms with Crippen molar-refractivity contribution in [3.8, 4) is 11.5 Å². The molecule has 3 rings (SSSR count). The first-order valence-corrected chi connectivity index (χ1v) is 9.49. The molecule has 0 N–H and O–H groups in total. The van der Waals surface area contributed by atoms with E-state index in [1.165, 1.54) is 31.4 Å². The maximum atomic E-state index is 13.4. The van der Waals surface area contributed by atoms with Crippen molar-refractivity contribution < 1.29 is 27.4 Å². The van der Waals surface area contributed by atoms with Gasteiger partial charge >= 0.3 is 6.61 Å². The molecule has 0 atom stereocenters. The van der Waals surface area contributed by atoms with E-state index in [9.17, 15) is 18.0 Å². The number of benzene rings is 2. The number of nitrogens with zero attached hydrogens (tertiary/aromatic N) is 1. The topological polar surface area (TPSA) is 38.8 Å². The first-order valence-electron chi connectivity index (χ1n) is 9.49. The van der Waals surface area contributed by atoms with Gasteiger partial charge in [-0.2, -0.15) is 8.78 Å². The number of ether oxygens (including phenoxy) is 2. The Balaban J connectivity index is 1.83. The Hall–Kier alpha value is -2.70. The molecule has 2 aromatic carbocycles. The standard InChI is InChI=1S/C22H24F3NO3/c1-26(14-15-5-10-18(28-2)19(13-15)29-21(24)25)20(27)22(11-3-4-12-22)16-6-8-17(23)9-7-16/h5-10,13,21H,3-4,11-12,14H2,1-2H3. The van der Waals surface area contributed by atoms with E-state index < -0.39 is 12.0 Å². The van der Waals surface area contributed by atoms with Gasteiger partial charge in [-0.25, -0.2) is 4.39 Å². The zero-order valence-corrected chi connectivity index (χ0v) is 16.5. The normalized spacial score (nSPS) is 15.4. The van der Waals surface area contributed by atoms with Gasteiger partial charge in [-0.3, -0.25) is 4.79 Å². The van der Waals surface area contributed by atoms with Gasteiger partial charge in [-0.05, 0) is 48.2 Å². The third-order valence-corrected chi connectivity index (χ3v) is 5.47. The zero-order valence-electron chi connectivity index (χ0n) is 16.5. The second-order valence-corrected chi connectivity index (χ2v) is 7.32. The van der Waals surface area contributed by atoms with E-state index in [4.69, 9.17) is 4.74 Å². The predicted octanol–water partition coefficient (Wildman–Crippen LogP) is 4.91. The van der Waals surface area contributed by atoms with E-state index in [-0.39, 0.29) is 29.8 Å². The van der Waals surface area contributed by atoms with Crippen molar-refractivity contribution in [1.82, 2.24) is 4.90 Å². The number of alkyl halides is 2. The molecule has 0 spiro atoms. The van der Waals surface area contributed by atoms with Gasteiger partial charge in [-0.15, -0.1) is 0 Å². The number of carbonyl (C=O) groups excluding carboxylic acids is 1. The summed E-state index contributed by atoms with van der Waals surface area (Å²) in [4.78, 5) is 15.0. The van der Waals surface area contributed by atoms with Gasteiger partial charge in [0.15, 0.2) is 11.5 Å².